The summed E-state index contributed by atoms with van der Waals surface area (Å²) in [5.41, 5.74) is 0.601. The van der Waals surface area contributed by atoms with E-state index >= 15 is 0 Å². The van der Waals surface area contributed by atoms with Crippen LogP contribution in [0.25, 0.3) is 6.08 Å². The number of rotatable bonds is 5. The molecule has 2 heterocycles. The van der Waals surface area contributed by atoms with E-state index in [1.54, 1.807) is 4.90 Å². The van der Waals surface area contributed by atoms with Crippen molar-refractivity contribution in [2.75, 3.05) is 19.6 Å². The van der Waals surface area contributed by atoms with Gasteiger partial charge >= 0.3 is 5.97 Å². The number of hydrogen-bond acceptors (Lipinski definition) is 5. The number of amides is 3. The molecule has 0 spiro atoms. The molecule has 9 heteroatoms. The second kappa shape index (κ2) is 8.55. The highest BCUT2D eigenvalue weighted by atomic mass is 32.2. The maximum absolute atomic E-state index is 13.0. The number of piperidine rings is 1. The molecule has 0 atom stereocenters. The Morgan fingerprint density at radius 2 is 1.82 bits per heavy atom. The maximum atomic E-state index is 13.0. The van der Waals surface area contributed by atoms with Gasteiger partial charge in [-0.15, -0.1) is 0 Å². The number of imide groups is 1. The van der Waals surface area contributed by atoms with Crippen molar-refractivity contribution in [1.82, 2.24) is 9.80 Å². The van der Waals surface area contributed by atoms with Crippen LogP contribution in [0, 0.1) is 11.7 Å². The number of nitrogens with zero attached hydrogens (tertiary/aromatic N) is 2. The second-order valence-electron chi connectivity index (χ2n) is 6.63. The van der Waals surface area contributed by atoms with E-state index in [0.717, 1.165) is 16.7 Å². The summed E-state index contributed by atoms with van der Waals surface area (Å²) in [6.45, 7) is 0.702. The Labute approximate surface area is 165 Å². The monoisotopic (exact) mass is 406 g/mol. The highest BCUT2D eigenvalue weighted by Gasteiger charge is 2.35. The van der Waals surface area contributed by atoms with Gasteiger partial charge in [-0.25, -0.2) is 4.39 Å². The Balaban J connectivity index is 1.55. The minimum absolute atomic E-state index is 0.000391. The van der Waals surface area contributed by atoms with Gasteiger partial charge in [0, 0.05) is 26.1 Å². The molecule has 7 nitrogen and oxygen atoms in total. The summed E-state index contributed by atoms with van der Waals surface area (Å²) in [7, 11) is 0. The molecule has 2 saturated heterocycles. The zero-order chi connectivity index (χ0) is 20.3. The lowest BCUT2D eigenvalue weighted by Crippen LogP contribution is -2.42. The molecule has 3 amide bonds. The van der Waals surface area contributed by atoms with Crippen LogP contribution in [0.1, 0.15) is 24.8 Å². The largest absolute Gasteiger partial charge is 0.481 e. The summed E-state index contributed by atoms with van der Waals surface area (Å²) < 4.78 is 13.0. The molecule has 0 aromatic heterocycles. The quantitative estimate of drug-likeness (QED) is 0.756. The number of aliphatic carboxylic acids is 1. The number of hydrogen-bond donors (Lipinski definition) is 1. The summed E-state index contributed by atoms with van der Waals surface area (Å²) in [4.78, 5) is 50.7. The summed E-state index contributed by atoms with van der Waals surface area (Å²) >= 11 is 0.786. The normalized spacial score (nSPS) is 19.5. The third kappa shape index (κ3) is 4.59. The van der Waals surface area contributed by atoms with Gasteiger partial charge in [-0.2, -0.15) is 0 Å². The molecule has 1 aromatic carbocycles. The SMILES string of the molecule is O=C(O)C1CCN(C(=O)CCN2C(=O)S/C(=C\c3ccc(F)cc3)C2=O)CC1. The van der Waals surface area contributed by atoms with Crippen LogP contribution in [0.2, 0.25) is 0 Å². The molecule has 148 valence electrons. The van der Waals surface area contributed by atoms with E-state index in [4.69, 9.17) is 5.11 Å². The number of benzene rings is 1. The Hall–Kier alpha value is -2.68. The Kier molecular flexibility index (Phi) is 6.13. The second-order valence-corrected chi connectivity index (χ2v) is 7.62. The van der Waals surface area contributed by atoms with Crippen LogP contribution < -0.4 is 0 Å². The molecule has 3 rings (SSSR count). The van der Waals surface area contributed by atoms with Crippen LogP contribution in [-0.2, 0) is 14.4 Å². The highest BCUT2D eigenvalue weighted by Crippen LogP contribution is 2.32. The van der Waals surface area contributed by atoms with Gasteiger partial charge < -0.3 is 10.0 Å². The van der Waals surface area contributed by atoms with Gasteiger partial charge in [-0.1, -0.05) is 12.1 Å². The summed E-state index contributed by atoms with van der Waals surface area (Å²) in [6.07, 6.45) is 2.33. The van der Waals surface area contributed by atoms with E-state index in [0.29, 0.717) is 31.5 Å². The first-order chi connectivity index (χ1) is 13.3. The molecule has 0 saturated carbocycles. The van der Waals surface area contributed by atoms with Crippen LogP contribution >= 0.6 is 11.8 Å². The third-order valence-corrected chi connectivity index (χ3v) is 5.69. The summed E-state index contributed by atoms with van der Waals surface area (Å²) in [5, 5.41) is 8.55. The zero-order valence-corrected chi connectivity index (χ0v) is 15.8. The lowest BCUT2D eigenvalue weighted by molar-refractivity contribution is -0.145. The molecule has 2 aliphatic rings. The minimum Gasteiger partial charge on any atom is -0.481 e. The highest BCUT2D eigenvalue weighted by molar-refractivity contribution is 8.18. The lowest BCUT2D eigenvalue weighted by atomic mass is 9.97. The smallest absolute Gasteiger partial charge is 0.306 e. The number of carboxylic acid groups (broad SMARTS) is 1. The van der Waals surface area contributed by atoms with Crippen molar-refractivity contribution in [3.05, 3.63) is 40.6 Å². The minimum atomic E-state index is -0.849. The van der Waals surface area contributed by atoms with Gasteiger partial charge in [0.25, 0.3) is 11.1 Å². The first-order valence-corrected chi connectivity index (χ1v) is 9.68. The van der Waals surface area contributed by atoms with Crippen molar-refractivity contribution in [1.29, 1.82) is 0 Å². The van der Waals surface area contributed by atoms with E-state index in [9.17, 15) is 23.6 Å². The van der Waals surface area contributed by atoms with Gasteiger partial charge in [-0.05, 0) is 48.4 Å². The van der Waals surface area contributed by atoms with E-state index in [2.05, 4.69) is 0 Å². The van der Waals surface area contributed by atoms with Crippen LogP contribution in [0.5, 0.6) is 0 Å². The Bertz CT molecular complexity index is 831. The molecule has 2 aliphatic heterocycles. The number of carboxylic acids is 1. The topological polar surface area (TPSA) is 95.0 Å². The fourth-order valence-electron chi connectivity index (χ4n) is 3.14. The zero-order valence-electron chi connectivity index (χ0n) is 15.0. The lowest BCUT2D eigenvalue weighted by Gasteiger charge is -2.30. The van der Waals surface area contributed by atoms with E-state index < -0.39 is 28.9 Å². The van der Waals surface area contributed by atoms with Crippen molar-refractivity contribution >= 4 is 40.9 Å². The predicted molar refractivity (Wildman–Crippen MR) is 101 cm³/mol. The molecular formula is C19H19FN2O5S. The molecule has 2 fully saturated rings. The molecule has 0 unspecified atom stereocenters. The first kappa shape index (κ1) is 20.1. The molecule has 0 bridgehead atoms. The van der Waals surface area contributed by atoms with Crippen molar-refractivity contribution < 1.29 is 28.7 Å². The predicted octanol–water partition coefficient (Wildman–Crippen LogP) is 2.58. The third-order valence-electron chi connectivity index (χ3n) is 4.79. The first-order valence-electron chi connectivity index (χ1n) is 8.86. The standard InChI is InChI=1S/C19H19FN2O5S/c20-14-3-1-12(2-4-14)11-15-17(24)22(19(27)28-15)10-7-16(23)21-8-5-13(6-9-21)18(25)26/h1-4,11,13H,5-10H2,(H,25,26)/b15-11-. The molecular weight excluding hydrogens is 387 g/mol. The van der Waals surface area contributed by atoms with Gasteiger partial charge in [-0.3, -0.25) is 24.1 Å². The maximum Gasteiger partial charge on any atom is 0.306 e. The van der Waals surface area contributed by atoms with Crippen LogP contribution in [0.15, 0.2) is 29.2 Å². The summed E-state index contributed by atoms with van der Waals surface area (Å²) in [6, 6.07) is 5.55. The number of thioether (sulfide) groups is 1. The van der Waals surface area contributed by atoms with Crippen molar-refractivity contribution in [2.24, 2.45) is 5.92 Å². The van der Waals surface area contributed by atoms with Gasteiger partial charge in [0.15, 0.2) is 0 Å². The van der Waals surface area contributed by atoms with Crippen LogP contribution in [0.3, 0.4) is 0 Å². The fourth-order valence-corrected chi connectivity index (χ4v) is 4.01. The molecule has 0 aliphatic carbocycles. The average molecular weight is 406 g/mol. The summed E-state index contributed by atoms with van der Waals surface area (Å²) in [5.74, 6) is -2.35. The van der Waals surface area contributed by atoms with Gasteiger partial charge in [0.1, 0.15) is 5.82 Å². The molecule has 28 heavy (non-hydrogen) atoms. The van der Waals surface area contributed by atoms with Crippen molar-refractivity contribution in [2.45, 2.75) is 19.3 Å². The number of carbonyl (C=O) groups is 4. The Morgan fingerprint density at radius 1 is 1.18 bits per heavy atom. The Morgan fingerprint density at radius 3 is 2.43 bits per heavy atom. The molecule has 1 N–H and O–H groups in total. The number of likely N-dealkylation sites (tertiary alicyclic amines) is 1. The number of carbonyl (C=O) groups excluding carboxylic acids is 3. The molecule has 1 aromatic rings. The van der Waals surface area contributed by atoms with Crippen molar-refractivity contribution in [3.8, 4) is 0 Å². The average Bonchev–Trinajstić information content (AvgIpc) is 2.94. The molecule has 0 radical (unpaired) electrons. The fraction of sp³-hybridized carbons (Fsp3) is 0.368. The van der Waals surface area contributed by atoms with Gasteiger partial charge in [0.2, 0.25) is 5.91 Å². The van der Waals surface area contributed by atoms with Gasteiger partial charge in [0.05, 0.1) is 10.8 Å². The van der Waals surface area contributed by atoms with E-state index in [1.807, 2.05) is 0 Å². The van der Waals surface area contributed by atoms with Crippen molar-refractivity contribution in [3.63, 3.8) is 0 Å². The van der Waals surface area contributed by atoms with E-state index in [-0.39, 0.29) is 23.8 Å². The van der Waals surface area contributed by atoms with E-state index in [1.165, 1.54) is 30.3 Å². The van der Waals surface area contributed by atoms with Crippen LogP contribution in [-0.4, -0.2) is 57.6 Å². The van der Waals surface area contributed by atoms with Crippen LogP contribution in [0.4, 0.5) is 9.18 Å². The number of halogens is 1.